The second-order valence-electron chi connectivity index (χ2n) is 15.1. The maximum Gasteiger partial charge on any atom is 0.472 e. The Kier molecular flexibility index (Phi) is 34.8. The highest BCUT2D eigenvalue weighted by molar-refractivity contribution is 7.47. The summed E-state index contributed by atoms with van der Waals surface area (Å²) in [5.41, 5.74) is 0. The monoisotopic (exact) mass is 839 g/mol. The molecule has 0 amide bonds. The Balaban J connectivity index is 2.29. The number of hydrogen-bond acceptors (Lipinski definition) is 10. The SMILES string of the molecule is CCCCC/C=C\C/C=C\CCCCCCCCCC(=O)O[C@H](COC(=O)CCC/C=C\C/C=C\CC1OC1C/C=C\CCCCC)COP(=O)(O)OC[C@@H](O)CO. The zero-order valence-electron chi connectivity index (χ0n) is 35.9. The van der Waals surface area contributed by atoms with Crippen molar-refractivity contribution in [2.24, 2.45) is 0 Å². The van der Waals surface area contributed by atoms with Crippen LogP contribution in [0.25, 0.3) is 0 Å². The summed E-state index contributed by atoms with van der Waals surface area (Å²) in [7, 11) is -4.64. The summed E-state index contributed by atoms with van der Waals surface area (Å²) >= 11 is 0. The maximum atomic E-state index is 12.6. The quantitative estimate of drug-likeness (QED) is 0.0177. The average molecular weight is 839 g/mol. The fraction of sp³-hybridized carbons (Fsp3) is 0.739. The topological polar surface area (TPSA) is 161 Å². The Morgan fingerprint density at radius 2 is 1.07 bits per heavy atom. The van der Waals surface area contributed by atoms with Crippen LogP contribution >= 0.6 is 7.82 Å². The summed E-state index contributed by atoms with van der Waals surface area (Å²) in [5.74, 6) is -1.01. The van der Waals surface area contributed by atoms with E-state index >= 15 is 0 Å². The van der Waals surface area contributed by atoms with Crippen LogP contribution in [0.5, 0.6) is 0 Å². The Morgan fingerprint density at radius 3 is 1.66 bits per heavy atom. The molecule has 1 heterocycles. The molecule has 0 aromatic carbocycles. The van der Waals surface area contributed by atoms with Crippen LogP contribution in [0.1, 0.15) is 168 Å². The van der Waals surface area contributed by atoms with Crippen LogP contribution in [0.4, 0.5) is 0 Å². The van der Waals surface area contributed by atoms with Gasteiger partial charge in [0.25, 0.3) is 0 Å². The van der Waals surface area contributed by atoms with Crippen LogP contribution < -0.4 is 0 Å². The Morgan fingerprint density at radius 1 is 0.603 bits per heavy atom. The van der Waals surface area contributed by atoms with E-state index in [-0.39, 0.29) is 19.4 Å². The third-order valence-corrected chi connectivity index (χ3v) is 10.5. The molecule has 0 aliphatic carbocycles. The van der Waals surface area contributed by atoms with Crippen molar-refractivity contribution in [1.82, 2.24) is 0 Å². The molecule has 1 fully saturated rings. The molecule has 3 unspecified atom stereocenters. The van der Waals surface area contributed by atoms with Gasteiger partial charge in [-0.1, -0.05) is 132 Å². The molecule has 12 heteroatoms. The average Bonchev–Trinajstić information content (AvgIpc) is 3.97. The van der Waals surface area contributed by atoms with Gasteiger partial charge < -0.3 is 29.3 Å². The number of carbonyl (C=O) groups excluding carboxylic acids is 2. The van der Waals surface area contributed by atoms with Gasteiger partial charge in [-0.2, -0.15) is 0 Å². The molecular weight excluding hydrogens is 759 g/mol. The lowest BCUT2D eigenvalue weighted by atomic mass is 10.1. The van der Waals surface area contributed by atoms with Gasteiger partial charge in [-0.25, -0.2) is 4.57 Å². The molecule has 0 aromatic rings. The highest BCUT2D eigenvalue weighted by atomic mass is 31.2. The highest BCUT2D eigenvalue weighted by Gasteiger charge is 2.36. The number of aliphatic hydroxyl groups excluding tert-OH is 2. The zero-order chi connectivity index (χ0) is 42.4. The van der Waals surface area contributed by atoms with E-state index in [2.05, 4.69) is 73.1 Å². The molecule has 11 nitrogen and oxygen atoms in total. The lowest BCUT2D eigenvalue weighted by Gasteiger charge is -2.20. The van der Waals surface area contributed by atoms with Gasteiger partial charge in [0.05, 0.1) is 32.0 Å². The number of epoxide rings is 1. The smallest absolute Gasteiger partial charge is 0.462 e. The van der Waals surface area contributed by atoms with Crippen LogP contribution in [-0.4, -0.2) is 77.9 Å². The van der Waals surface area contributed by atoms with Crippen LogP contribution in [0.2, 0.25) is 0 Å². The second kappa shape index (κ2) is 37.6. The van der Waals surface area contributed by atoms with E-state index in [1.807, 2.05) is 6.08 Å². The van der Waals surface area contributed by atoms with Crippen LogP contribution in [0.3, 0.4) is 0 Å². The van der Waals surface area contributed by atoms with E-state index in [0.717, 1.165) is 64.2 Å². The first-order chi connectivity index (χ1) is 28.2. The number of allylic oxidation sites excluding steroid dienone is 8. The number of aliphatic hydroxyl groups is 2. The number of esters is 2. The first-order valence-corrected chi connectivity index (χ1v) is 23.9. The molecule has 58 heavy (non-hydrogen) atoms. The molecule has 5 atom stereocenters. The molecule has 0 spiro atoms. The van der Waals surface area contributed by atoms with E-state index in [9.17, 15) is 24.2 Å². The minimum Gasteiger partial charge on any atom is -0.462 e. The minimum atomic E-state index is -4.64. The van der Waals surface area contributed by atoms with Gasteiger partial charge in [-0.05, 0) is 83.5 Å². The Labute approximate surface area is 351 Å². The van der Waals surface area contributed by atoms with Crippen molar-refractivity contribution in [2.75, 3.05) is 26.4 Å². The van der Waals surface area contributed by atoms with E-state index in [1.54, 1.807) is 0 Å². The molecule has 0 saturated carbocycles. The third-order valence-electron chi connectivity index (χ3n) is 9.55. The van der Waals surface area contributed by atoms with Gasteiger partial charge in [-0.3, -0.25) is 18.6 Å². The molecule has 0 radical (unpaired) electrons. The van der Waals surface area contributed by atoms with Crippen LogP contribution in [-0.2, 0) is 37.4 Å². The number of phosphoric ester groups is 1. The minimum absolute atomic E-state index is 0.156. The summed E-state index contributed by atoms with van der Waals surface area (Å²) in [5, 5.41) is 18.3. The van der Waals surface area contributed by atoms with Crippen LogP contribution in [0.15, 0.2) is 60.8 Å². The lowest BCUT2D eigenvalue weighted by molar-refractivity contribution is -0.161. The molecule has 334 valence electrons. The molecule has 0 bridgehead atoms. The van der Waals surface area contributed by atoms with Gasteiger partial charge in [-0.15, -0.1) is 0 Å². The summed E-state index contributed by atoms with van der Waals surface area (Å²) in [4.78, 5) is 35.0. The number of rotatable bonds is 40. The van der Waals surface area contributed by atoms with E-state index < -0.39 is 51.8 Å². The Hall–Kier alpha value is -2.37. The molecule has 1 aliphatic rings. The van der Waals surface area contributed by atoms with Gasteiger partial charge >= 0.3 is 19.8 Å². The summed E-state index contributed by atoms with van der Waals surface area (Å²) in [6.45, 7) is 2.24. The second-order valence-corrected chi connectivity index (χ2v) is 16.6. The molecule has 3 N–H and O–H groups in total. The molecular formula is C46H79O11P. The van der Waals surface area contributed by atoms with Gasteiger partial charge in [0.15, 0.2) is 6.10 Å². The summed E-state index contributed by atoms with van der Waals surface area (Å²) in [6.07, 6.45) is 43.6. The molecule has 0 aromatic heterocycles. The maximum absolute atomic E-state index is 12.6. The van der Waals surface area contributed by atoms with Gasteiger partial charge in [0, 0.05) is 12.8 Å². The van der Waals surface area contributed by atoms with Crippen molar-refractivity contribution < 1.29 is 52.5 Å². The zero-order valence-corrected chi connectivity index (χ0v) is 36.8. The molecule has 1 aliphatic heterocycles. The fourth-order valence-electron chi connectivity index (χ4n) is 5.94. The fourth-order valence-corrected chi connectivity index (χ4v) is 6.73. The molecule has 1 saturated heterocycles. The molecule has 1 rings (SSSR count). The van der Waals surface area contributed by atoms with Gasteiger partial charge in [0.2, 0.25) is 0 Å². The third kappa shape index (κ3) is 34.5. The lowest BCUT2D eigenvalue weighted by Crippen LogP contribution is -2.29. The van der Waals surface area contributed by atoms with E-state index in [1.165, 1.54) is 57.8 Å². The summed E-state index contributed by atoms with van der Waals surface area (Å²) < 4.78 is 38.4. The normalized spacial score (nSPS) is 17.9. The van der Waals surface area contributed by atoms with Crippen molar-refractivity contribution >= 4 is 19.8 Å². The largest absolute Gasteiger partial charge is 0.472 e. The van der Waals surface area contributed by atoms with Crippen molar-refractivity contribution in [1.29, 1.82) is 0 Å². The van der Waals surface area contributed by atoms with Crippen molar-refractivity contribution in [3.8, 4) is 0 Å². The number of ether oxygens (including phenoxy) is 3. The number of unbranched alkanes of at least 4 members (excludes halogenated alkanes) is 14. The predicted molar refractivity (Wildman–Crippen MR) is 232 cm³/mol. The van der Waals surface area contributed by atoms with E-state index in [0.29, 0.717) is 31.5 Å². The first-order valence-electron chi connectivity index (χ1n) is 22.4. The summed E-state index contributed by atoms with van der Waals surface area (Å²) in [6, 6.07) is 0. The van der Waals surface area contributed by atoms with Crippen molar-refractivity contribution in [3.05, 3.63) is 60.8 Å². The highest BCUT2D eigenvalue weighted by Crippen LogP contribution is 2.43. The Bertz CT molecular complexity index is 1210. The predicted octanol–water partition coefficient (Wildman–Crippen LogP) is 10.9. The van der Waals surface area contributed by atoms with Gasteiger partial charge in [0.1, 0.15) is 12.7 Å². The van der Waals surface area contributed by atoms with Crippen molar-refractivity contribution in [3.63, 3.8) is 0 Å². The van der Waals surface area contributed by atoms with Crippen molar-refractivity contribution in [2.45, 2.75) is 192 Å². The number of carbonyl (C=O) groups is 2. The standard InChI is InChI=1S/C46H79O11P/c1-3-5-7-9-11-12-13-14-15-16-17-18-19-20-23-28-32-36-46(50)56-42(40-55-58(51,52)54-38-41(48)37-47)39-53-45(49)35-31-27-24-21-22-26-30-34-44-43(57-44)33-29-25-10-8-6-4-2/h11-12,14-15,21,24-26,29-30,41-44,47-48H,3-10,13,16-20,22-23,27-28,31-40H2,1-2H3,(H,51,52)/b12-11-,15-14-,24-21-,29-25-,30-26-/t41-,42+,43?,44?/m0/s1. The number of hydrogen-bond donors (Lipinski definition) is 3. The number of phosphoric acid groups is 1. The first kappa shape index (κ1) is 53.6. The van der Waals surface area contributed by atoms with E-state index in [4.69, 9.17) is 23.8 Å². The van der Waals surface area contributed by atoms with Crippen LogP contribution in [0, 0.1) is 0 Å².